The average molecular weight is 364 g/mol. The number of hydrogen-bond donors (Lipinski definition) is 1. The van der Waals surface area contributed by atoms with Gasteiger partial charge in [0.05, 0.1) is 6.61 Å². The van der Waals surface area contributed by atoms with Crippen LogP contribution in [0.2, 0.25) is 0 Å². The number of rotatable bonds is 7. The number of nitrogens with one attached hydrogen (secondary N) is 1. The van der Waals surface area contributed by atoms with Crippen molar-refractivity contribution >= 4 is 29.3 Å². The molecule has 0 aromatic heterocycles. The van der Waals surface area contributed by atoms with Gasteiger partial charge in [0.1, 0.15) is 22.5 Å². The van der Waals surface area contributed by atoms with Crippen LogP contribution in [0.15, 0.2) is 91.0 Å². The molecule has 132 valence electrons. The van der Waals surface area contributed by atoms with Crippen LogP contribution >= 0.6 is 7.41 Å². The molecule has 0 spiro atoms. The summed E-state index contributed by atoms with van der Waals surface area (Å²) in [4.78, 5) is 12.1. The van der Waals surface area contributed by atoms with Crippen molar-refractivity contribution in [1.29, 1.82) is 0 Å². The van der Waals surface area contributed by atoms with Gasteiger partial charge in [0.25, 0.3) is 0 Å². The topological polar surface area (TPSA) is 38.3 Å². The molecule has 0 unspecified atom stereocenters. The van der Waals surface area contributed by atoms with Crippen LogP contribution in [0.3, 0.4) is 0 Å². The van der Waals surface area contributed by atoms with E-state index in [0.717, 1.165) is 0 Å². The Balaban J connectivity index is 2.16. The normalized spacial score (nSPS) is 11.1. The molecule has 0 radical (unpaired) electrons. The van der Waals surface area contributed by atoms with E-state index in [1.165, 1.54) is 15.9 Å². The predicted molar refractivity (Wildman–Crippen MR) is 110 cm³/mol. The lowest BCUT2D eigenvalue weighted by molar-refractivity contribution is -0.141. The van der Waals surface area contributed by atoms with Crippen LogP contribution in [0.1, 0.15) is 6.92 Å². The van der Waals surface area contributed by atoms with E-state index in [-0.39, 0.29) is 12.5 Å². The van der Waals surface area contributed by atoms with Gasteiger partial charge < -0.3 is 4.74 Å². The van der Waals surface area contributed by atoms with Crippen molar-refractivity contribution in [2.45, 2.75) is 6.92 Å². The molecule has 0 aliphatic heterocycles. The van der Waals surface area contributed by atoms with Gasteiger partial charge in [0, 0.05) is 0 Å². The number of benzene rings is 3. The molecule has 0 aliphatic carbocycles. The zero-order valence-electron chi connectivity index (χ0n) is 14.8. The second-order valence-electron chi connectivity index (χ2n) is 5.82. The Labute approximate surface area is 155 Å². The Kier molecular flexibility index (Phi) is 6.17. The Morgan fingerprint density at radius 1 is 0.769 bits per heavy atom. The van der Waals surface area contributed by atoms with Crippen LogP contribution in [0.4, 0.5) is 0 Å². The first-order valence-corrected chi connectivity index (χ1v) is 10.5. The Hall–Kier alpha value is -2.48. The first kappa shape index (κ1) is 18.3. The minimum atomic E-state index is -2.18. The third-order valence-electron chi connectivity index (χ3n) is 4.20. The molecule has 0 bridgehead atoms. The minimum absolute atomic E-state index is 0.167. The minimum Gasteiger partial charge on any atom is -0.465 e. The summed E-state index contributed by atoms with van der Waals surface area (Å²) in [6.45, 7) is 2.38. The van der Waals surface area contributed by atoms with Gasteiger partial charge in [-0.3, -0.25) is 4.79 Å². The van der Waals surface area contributed by atoms with E-state index < -0.39 is 7.41 Å². The molecule has 0 saturated heterocycles. The zero-order valence-corrected chi connectivity index (χ0v) is 15.7. The van der Waals surface area contributed by atoms with Crippen molar-refractivity contribution in [2.75, 3.05) is 13.2 Å². The standard InChI is InChI=1S/C22H23NO2P/c1-2-25-22(24)18-23-26(19-12-6-3-7-13-19,20-14-8-4-9-15-20)21-16-10-5-11-17-21/h3-17,23H,2,18H2,1H3/q+1. The molecular formula is C22H23NO2P+. The summed E-state index contributed by atoms with van der Waals surface area (Å²) in [6.07, 6.45) is 0. The van der Waals surface area contributed by atoms with Crippen LogP contribution in [0, 0.1) is 0 Å². The number of ether oxygens (including phenoxy) is 1. The summed E-state index contributed by atoms with van der Waals surface area (Å²) in [5.74, 6) is -0.236. The number of esters is 1. The molecule has 0 saturated carbocycles. The maximum atomic E-state index is 12.1. The Morgan fingerprint density at radius 2 is 1.15 bits per heavy atom. The molecule has 0 heterocycles. The van der Waals surface area contributed by atoms with Crippen molar-refractivity contribution in [3.8, 4) is 0 Å². The molecule has 1 N–H and O–H groups in total. The quantitative estimate of drug-likeness (QED) is 0.517. The van der Waals surface area contributed by atoms with Crippen molar-refractivity contribution in [2.24, 2.45) is 0 Å². The SMILES string of the molecule is CCOC(=O)CN[P+](c1ccccc1)(c1ccccc1)c1ccccc1. The van der Waals surface area contributed by atoms with E-state index in [9.17, 15) is 4.79 Å². The van der Waals surface area contributed by atoms with E-state index >= 15 is 0 Å². The highest BCUT2D eigenvalue weighted by atomic mass is 31.2. The van der Waals surface area contributed by atoms with Crippen LogP contribution in [0.5, 0.6) is 0 Å². The van der Waals surface area contributed by atoms with Crippen molar-refractivity contribution < 1.29 is 9.53 Å². The molecular weight excluding hydrogens is 341 g/mol. The third-order valence-corrected chi connectivity index (χ3v) is 8.05. The summed E-state index contributed by atoms with van der Waals surface area (Å²) in [7, 11) is -2.18. The molecule has 0 aliphatic rings. The summed E-state index contributed by atoms with van der Waals surface area (Å²) >= 11 is 0. The van der Waals surface area contributed by atoms with Gasteiger partial charge in [-0.2, -0.15) is 5.09 Å². The maximum Gasteiger partial charge on any atom is 0.323 e. The molecule has 0 fully saturated rings. The molecule has 4 heteroatoms. The Bertz CT molecular complexity index is 726. The average Bonchev–Trinajstić information content (AvgIpc) is 2.71. The number of carbonyl (C=O) groups excluding carboxylic acids is 1. The fourth-order valence-electron chi connectivity index (χ4n) is 3.07. The first-order chi connectivity index (χ1) is 12.8. The van der Waals surface area contributed by atoms with Crippen LogP contribution < -0.4 is 21.0 Å². The molecule has 3 rings (SSSR count). The van der Waals surface area contributed by atoms with E-state index in [2.05, 4.69) is 41.5 Å². The second kappa shape index (κ2) is 8.75. The molecule has 3 aromatic rings. The van der Waals surface area contributed by atoms with Crippen molar-refractivity contribution in [1.82, 2.24) is 5.09 Å². The molecule has 3 nitrogen and oxygen atoms in total. The number of hydrogen-bond acceptors (Lipinski definition) is 3. The molecule has 3 aromatic carbocycles. The number of carbonyl (C=O) groups is 1. The van der Waals surface area contributed by atoms with Crippen molar-refractivity contribution in [3.63, 3.8) is 0 Å². The van der Waals surface area contributed by atoms with Crippen LogP contribution in [0.25, 0.3) is 0 Å². The lowest BCUT2D eigenvalue weighted by atomic mass is 10.4. The van der Waals surface area contributed by atoms with Gasteiger partial charge in [0.15, 0.2) is 7.41 Å². The van der Waals surface area contributed by atoms with Gasteiger partial charge >= 0.3 is 5.97 Å². The predicted octanol–water partition coefficient (Wildman–Crippen LogP) is 3.05. The van der Waals surface area contributed by atoms with Crippen molar-refractivity contribution in [3.05, 3.63) is 91.0 Å². The Morgan fingerprint density at radius 3 is 1.50 bits per heavy atom. The highest BCUT2D eigenvalue weighted by Gasteiger charge is 2.45. The lowest BCUT2D eigenvalue weighted by Crippen LogP contribution is -2.42. The van der Waals surface area contributed by atoms with Crippen LogP contribution in [-0.2, 0) is 9.53 Å². The fraction of sp³-hybridized carbons (Fsp3) is 0.136. The molecule has 0 atom stereocenters. The molecule has 0 amide bonds. The van der Waals surface area contributed by atoms with E-state index in [4.69, 9.17) is 4.74 Å². The summed E-state index contributed by atoms with van der Waals surface area (Å²) in [5, 5.41) is 7.15. The second-order valence-corrected chi connectivity index (χ2v) is 9.02. The highest BCUT2D eigenvalue weighted by Crippen LogP contribution is 2.50. The summed E-state index contributed by atoms with van der Waals surface area (Å²) in [6, 6.07) is 31.1. The summed E-state index contributed by atoms with van der Waals surface area (Å²) < 4.78 is 5.16. The smallest absolute Gasteiger partial charge is 0.323 e. The van der Waals surface area contributed by atoms with Gasteiger partial charge in [-0.15, -0.1) is 0 Å². The zero-order chi connectivity index (χ0) is 18.2. The van der Waals surface area contributed by atoms with E-state index in [1.54, 1.807) is 0 Å². The highest BCUT2D eigenvalue weighted by molar-refractivity contribution is 7.94. The largest absolute Gasteiger partial charge is 0.465 e. The monoisotopic (exact) mass is 364 g/mol. The first-order valence-electron chi connectivity index (χ1n) is 8.74. The molecule has 26 heavy (non-hydrogen) atoms. The van der Waals surface area contributed by atoms with E-state index in [0.29, 0.717) is 6.61 Å². The van der Waals surface area contributed by atoms with Gasteiger partial charge in [0.2, 0.25) is 0 Å². The van der Waals surface area contributed by atoms with Crippen LogP contribution in [-0.4, -0.2) is 19.1 Å². The third kappa shape index (κ3) is 3.85. The fourth-order valence-corrected chi connectivity index (χ4v) is 6.74. The van der Waals surface area contributed by atoms with E-state index in [1.807, 2.05) is 61.5 Å². The summed E-state index contributed by atoms with van der Waals surface area (Å²) in [5.41, 5.74) is 0. The maximum absolute atomic E-state index is 12.1. The lowest BCUT2D eigenvalue weighted by Gasteiger charge is -2.27. The van der Waals surface area contributed by atoms with Gasteiger partial charge in [-0.1, -0.05) is 54.6 Å². The van der Waals surface area contributed by atoms with Gasteiger partial charge in [-0.25, -0.2) is 0 Å². The van der Waals surface area contributed by atoms with Gasteiger partial charge in [-0.05, 0) is 43.3 Å².